The van der Waals surface area contributed by atoms with Crippen LogP contribution >= 0.6 is 0 Å². The molecule has 1 aliphatic heterocycles. The van der Waals surface area contributed by atoms with Crippen molar-refractivity contribution in [3.8, 4) is 0 Å². The Hall–Kier alpha value is -1.39. The molecule has 6 rings (SSSR count). The van der Waals surface area contributed by atoms with Crippen molar-refractivity contribution >= 4 is 5.91 Å². The summed E-state index contributed by atoms with van der Waals surface area (Å²) >= 11 is 0. The fourth-order valence-electron chi connectivity index (χ4n) is 7.04. The molecule has 27 heavy (non-hydrogen) atoms. The number of benzene rings is 1. The highest BCUT2D eigenvalue weighted by Gasteiger charge is 2.57. The Kier molecular flexibility index (Phi) is 4.32. The number of hydrogen-bond acceptors (Lipinski definition) is 3. The number of aliphatic hydroxyl groups is 1. The number of amides is 1. The first-order valence-corrected chi connectivity index (χ1v) is 10.8. The second-order valence-corrected chi connectivity index (χ2v) is 10.0. The van der Waals surface area contributed by atoms with Gasteiger partial charge in [-0.1, -0.05) is 30.3 Å². The molecule has 4 bridgehead atoms. The molecule has 2 unspecified atom stereocenters. The molecule has 146 valence electrons. The van der Waals surface area contributed by atoms with E-state index >= 15 is 0 Å². The van der Waals surface area contributed by atoms with Crippen molar-refractivity contribution in [3.63, 3.8) is 0 Å². The van der Waals surface area contributed by atoms with Crippen LogP contribution in [-0.2, 0) is 11.3 Å². The van der Waals surface area contributed by atoms with Gasteiger partial charge in [-0.3, -0.25) is 9.69 Å². The van der Waals surface area contributed by atoms with Crippen LogP contribution in [0.2, 0.25) is 0 Å². The molecule has 1 saturated heterocycles. The van der Waals surface area contributed by atoms with Gasteiger partial charge in [0.1, 0.15) is 0 Å². The number of nitrogens with zero attached hydrogens (tertiary/aromatic N) is 2. The number of rotatable bonds is 4. The Morgan fingerprint density at radius 3 is 2.30 bits per heavy atom. The van der Waals surface area contributed by atoms with Crippen LogP contribution in [0, 0.1) is 17.3 Å². The predicted molar refractivity (Wildman–Crippen MR) is 105 cm³/mol. The van der Waals surface area contributed by atoms with Gasteiger partial charge in [0.2, 0.25) is 5.91 Å². The average Bonchev–Trinajstić information content (AvgIpc) is 2.60. The van der Waals surface area contributed by atoms with Gasteiger partial charge in [-0.05, 0) is 61.3 Å². The molecule has 1 aromatic rings. The Bertz CT molecular complexity index is 682. The Morgan fingerprint density at radius 2 is 1.67 bits per heavy atom. The van der Waals surface area contributed by atoms with E-state index in [1.165, 1.54) is 24.8 Å². The lowest BCUT2D eigenvalue weighted by atomic mass is 9.47. The minimum absolute atomic E-state index is 0.0943. The van der Waals surface area contributed by atoms with Gasteiger partial charge in [0.05, 0.1) is 5.60 Å². The molecule has 1 heterocycles. The molecule has 0 aromatic heterocycles. The second-order valence-electron chi connectivity index (χ2n) is 10.0. The largest absolute Gasteiger partial charge is 0.390 e. The van der Waals surface area contributed by atoms with Gasteiger partial charge in [-0.15, -0.1) is 0 Å². The molecule has 1 N–H and O–H groups in total. The van der Waals surface area contributed by atoms with E-state index in [4.69, 9.17) is 0 Å². The van der Waals surface area contributed by atoms with Crippen LogP contribution in [0.1, 0.15) is 50.5 Å². The summed E-state index contributed by atoms with van der Waals surface area (Å²) in [6, 6.07) is 10.6. The molecule has 1 amide bonds. The van der Waals surface area contributed by atoms with E-state index in [1.807, 2.05) is 0 Å². The number of piperazine rings is 1. The zero-order valence-corrected chi connectivity index (χ0v) is 16.3. The third kappa shape index (κ3) is 3.54. The van der Waals surface area contributed by atoms with Crippen molar-refractivity contribution in [3.05, 3.63) is 35.9 Å². The number of carbonyl (C=O) groups is 1. The summed E-state index contributed by atoms with van der Waals surface area (Å²) in [6.07, 6.45) is 7.14. The van der Waals surface area contributed by atoms with Gasteiger partial charge in [-0.25, -0.2) is 0 Å². The van der Waals surface area contributed by atoms with E-state index in [0.29, 0.717) is 24.2 Å². The third-order valence-corrected chi connectivity index (χ3v) is 7.65. The van der Waals surface area contributed by atoms with Crippen LogP contribution in [0.5, 0.6) is 0 Å². The van der Waals surface area contributed by atoms with Crippen LogP contribution in [0.25, 0.3) is 0 Å². The van der Waals surface area contributed by atoms with Crippen molar-refractivity contribution in [2.45, 2.75) is 57.1 Å². The number of hydrogen-bond donors (Lipinski definition) is 1. The van der Waals surface area contributed by atoms with Crippen LogP contribution in [0.3, 0.4) is 0 Å². The highest BCUT2D eigenvalue weighted by Crippen LogP contribution is 2.62. The molecule has 4 aliphatic carbocycles. The maximum atomic E-state index is 13.1. The molecule has 4 saturated carbocycles. The van der Waals surface area contributed by atoms with Crippen LogP contribution in [0.15, 0.2) is 30.3 Å². The highest BCUT2D eigenvalue weighted by atomic mass is 16.3. The van der Waals surface area contributed by atoms with Gasteiger partial charge >= 0.3 is 0 Å². The Balaban J connectivity index is 1.17. The summed E-state index contributed by atoms with van der Waals surface area (Å²) < 4.78 is 0. The van der Waals surface area contributed by atoms with Gasteiger partial charge in [0, 0.05) is 39.1 Å². The van der Waals surface area contributed by atoms with Crippen LogP contribution < -0.4 is 0 Å². The molecule has 0 spiro atoms. The first kappa shape index (κ1) is 17.7. The lowest BCUT2D eigenvalue weighted by molar-refractivity contribution is -0.172. The van der Waals surface area contributed by atoms with E-state index in [-0.39, 0.29) is 5.41 Å². The summed E-state index contributed by atoms with van der Waals surface area (Å²) in [5.41, 5.74) is 0.981. The van der Waals surface area contributed by atoms with Crippen molar-refractivity contribution in [2.75, 3.05) is 26.2 Å². The second kappa shape index (κ2) is 6.59. The molecular weight excluding hydrogens is 336 g/mol. The molecule has 5 aliphatic rings. The van der Waals surface area contributed by atoms with Crippen LogP contribution in [0.4, 0.5) is 0 Å². The molecule has 4 heteroatoms. The monoisotopic (exact) mass is 368 g/mol. The minimum atomic E-state index is -0.460. The van der Waals surface area contributed by atoms with E-state index < -0.39 is 5.60 Å². The third-order valence-electron chi connectivity index (χ3n) is 7.65. The summed E-state index contributed by atoms with van der Waals surface area (Å²) in [5, 5.41) is 10.9. The molecule has 2 atom stereocenters. The normalized spacial score (nSPS) is 38.3. The van der Waals surface area contributed by atoms with Crippen molar-refractivity contribution in [1.29, 1.82) is 0 Å². The fourth-order valence-corrected chi connectivity index (χ4v) is 7.04. The van der Waals surface area contributed by atoms with Gasteiger partial charge < -0.3 is 10.0 Å². The SMILES string of the molecule is O=C(CC12CC3CC(CC(O)(C3)C1)C2)N1CCN(Cc2ccccc2)CC1. The molecule has 4 nitrogen and oxygen atoms in total. The smallest absolute Gasteiger partial charge is 0.223 e. The standard InChI is InChI=1S/C23H32N2O2/c26-21(15-22-11-19-10-20(12-22)14-23(27,13-19)17-22)25-8-6-24(7-9-25)16-18-4-2-1-3-5-18/h1-5,19-20,27H,6-17H2. The van der Waals surface area contributed by atoms with Crippen molar-refractivity contribution in [2.24, 2.45) is 17.3 Å². The predicted octanol–water partition coefficient (Wildman–Crippen LogP) is 3.05. The van der Waals surface area contributed by atoms with Gasteiger partial charge in [0.15, 0.2) is 0 Å². The minimum Gasteiger partial charge on any atom is -0.390 e. The summed E-state index contributed by atoms with van der Waals surface area (Å²) in [7, 11) is 0. The summed E-state index contributed by atoms with van der Waals surface area (Å²) in [4.78, 5) is 17.6. The lowest BCUT2D eigenvalue weighted by Gasteiger charge is -2.60. The van der Waals surface area contributed by atoms with E-state index in [2.05, 4.69) is 40.1 Å². The fraction of sp³-hybridized carbons (Fsp3) is 0.696. The molecule has 0 radical (unpaired) electrons. The first-order valence-electron chi connectivity index (χ1n) is 10.8. The van der Waals surface area contributed by atoms with Crippen molar-refractivity contribution < 1.29 is 9.90 Å². The first-order chi connectivity index (χ1) is 13.0. The topological polar surface area (TPSA) is 43.8 Å². The molecule has 5 fully saturated rings. The zero-order valence-electron chi connectivity index (χ0n) is 16.3. The van der Waals surface area contributed by atoms with E-state index in [9.17, 15) is 9.90 Å². The quantitative estimate of drug-likeness (QED) is 0.888. The zero-order chi connectivity index (χ0) is 18.5. The average molecular weight is 369 g/mol. The van der Waals surface area contributed by atoms with E-state index in [0.717, 1.165) is 52.0 Å². The summed E-state index contributed by atoms with van der Waals surface area (Å²) in [5.74, 6) is 1.65. The van der Waals surface area contributed by atoms with E-state index in [1.54, 1.807) is 0 Å². The molecule has 1 aromatic carbocycles. The maximum absolute atomic E-state index is 13.1. The highest BCUT2D eigenvalue weighted by molar-refractivity contribution is 5.77. The summed E-state index contributed by atoms with van der Waals surface area (Å²) in [6.45, 7) is 4.59. The molecular formula is C23H32N2O2. The maximum Gasteiger partial charge on any atom is 0.223 e. The van der Waals surface area contributed by atoms with Crippen molar-refractivity contribution in [1.82, 2.24) is 9.80 Å². The lowest BCUT2D eigenvalue weighted by Crippen LogP contribution is -2.57. The Morgan fingerprint density at radius 1 is 1.00 bits per heavy atom. The van der Waals surface area contributed by atoms with Gasteiger partial charge in [0.25, 0.3) is 0 Å². The Labute approximate surface area is 162 Å². The number of carbonyl (C=O) groups excluding carboxylic acids is 1. The van der Waals surface area contributed by atoms with Gasteiger partial charge in [-0.2, -0.15) is 0 Å². The van der Waals surface area contributed by atoms with Crippen LogP contribution in [-0.4, -0.2) is 52.6 Å².